The van der Waals surface area contributed by atoms with Crippen molar-refractivity contribution in [2.45, 2.75) is 27.0 Å². The molecule has 0 aliphatic rings. The molecule has 0 aliphatic heterocycles. The third-order valence-corrected chi connectivity index (χ3v) is 4.26. The van der Waals surface area contributed by atoms with Crippen LogP contribution in [0.4, 0.5) is 0 Å². The topological polar surface area (TPSA) is 97.8 Å². The molecule has 30 heavy (non-hydrogen) atoms. The molecule has 0 bridgehead atoms. The van der Waals surface area contributed by atoms with Crippen LogP contribution in [0.2, 0.25) is 0 Å². The van der Waals surface area contributed by atoms with E-state index >= 15 is 0 Å². The first-order valence-corrected chi connectivity index (χ1v) is 9.30. The van der Waals surface area contributed by atoms with Gasteiger partial charge in [-0.25, -0.2) is 4.98 Å². The van der Waals surface area contributed by atoms with Crippen molar-refractivity contribution in [3.63, 3.8) is 0 Å². The van der Waals surface area contributed by atoms with Gasteiger partial charge in [0.25, 0.3) is 5.91 Å². The normalized spacial score (nSPS) is 11.4. The molecule has 1 aromatic heterocycles. The summed E-state index contributed by atoms with van der Waals surface area (Å²) in [6.07, 6.45) is 0.334. The smallest absolute Gasteiger partial charge is 0.304 e. The van der Waals surface area contributed by atoms with Gasteiger partial charge >= 0.3 is 5.97 Å². The fourth-order valence-electron chi connectivity index (χ4n) is 2.87. The maximum Gasteiger partial charge on any atom is 0.304 e. The summed E-state index contributed by atoms with van der Waals surface area (Å²) in [6.45, 7) is 5.14. The first-order chi connectivity index (χ1) is 14.3. The molecular weight excluding hydrogens is 384 g/mol. The molecule has 1 unspecified atom stereocenters. The van der Waals surface area contributed by atoms with Crippen LogP contribution in [0.25, 0.3) is 0 Å². The highest BCUT2D eigenvalue weighted by atomic mass is 16.6. The highest BCUT2D eigenvalue weighted by molar-refractivity contribution is 5.95. The molecule has 3 rings (SSSR count). The molecule has 7 heteroatoms. The maximum absolute atomic E-state index is 12.6. The minimum Gasteiger partial charge on any atom is -0.505 e. The van der Waals surface area contributed by atoms with Crippen LogP contribution in [0.1, 0.15) is 40.3 Å². The summed E-state index contributed by atoms with van der Waals surface area (Å²) in [4.78, 5) is 28.1. The van der Waals surface area contributed by atoms with Gasteiger partial charge in [-0.15, -0.1) is 0 Å². The van der Waals surface area contributed by atoms with Crippen LogP contribution in [0.15, 0.2) is 60.8 Å². The number of carbonyl (C=O) groups excluding carboxylic acids is 2. The second-order valence-corrected chi connectivity index (χ2v) is 6.78. The van der Waals surface area contributed by atoms with Crippen molar-refractivity contribution in [2.24, 2.45) is 0 Å². The lowest BCUT2D eigenvalue weighted by Gasteiger charge is -2.19. The fourth-order valence-corrected chi connectivity index (χ4v) is 2.87. The summed E-state index contributed by atoms with van der Waals surface area (Å²) in [5, 5.41) is 12.9. The van der Waals surface area contributed by atoms with Crippen LogP contribution < -0.4 is 10.1 Å². The number of amides is 1. The summed E-state index contributed by atoms with van der Waals surface area (Å²) in [6, 6.07) is 15.8. The minimum absolute atomic E-state index is 0.212. The zero-order chi connectivity index (χ0) is 21.7. The van der Waals surface area contributed by atoms with Crippen molar-refractivity contribution in [1.29, 1.82) is 0 Å². The fraction of sp³-hybridized carbons (Fsp3) is 0.174. The van der Waals surface area contributed by atoms with Gasteiger partial charge in [0.05, 0.1) is 6.20 Å². The van der Waals surface area contributed by atoms with E-state index in [1.165, 1.54) is 19.2 Å². The SMILES string of the molecule is CC(=O)OC(NC(=O)c1ncc(Oc2ccc(C)cc2C)cc1O)c1ccccc1. The Morgan fingerprint density at radius 1 is 1.07 bits per heavy atom. The molecule has 1 amide bonds. The number of carbonyl (C=O) groups is 2. The van der Waals surface area contributed by atoms with Crippen molar-refractivity contribution >= 4 is 11.9 Å². The number of hydrogen-bond acceptors (Lipinski definition) is 6. The molecule has 0 aliphatic carbocycles. The number of pyridine rings is 1. The van der Waals surface area contributed by atoms with Crippen molar-refractivity contribution in [2.75, 3.05) is 0 Å². The number of hydrogen-bond donors (Lipinski definition) is 2. The molecular formula is C23H22N2O5. The van der Waals surface area contributed by atoms with E-state index in [0.29, 0.717) is 11.3 Å². The second-order valence-electron chi connectivity index (χ2n) is 6.78. The van der Waals surface area contributed by atoms with Gasteiger partial charge in [-0.3, -0.25) is 9.59 Å². The monoisotopic (exact) mass is 406 g/mol. The van der Waals surface area contributed by atoms with Crippen LogP contribution in [-0.2, 0) is 9.53 Å². The van der Waals surface area contributed by atoms with Crippen LogP contribution in [-0.4, -0.2) is 22.0 Å². The molecule has 0 saturated heterocycles. The number of nitrogens with zero attached hydrogens (tertiary/aromatic N) is 1. The van der Waals surface area contributed by atoms with Crippen molar-refractivity contribution in [3.05, 3.63) is 83.2 Å². The largest absolute Gasteiger partial charge is 0.505 e. The molecule has 154 valence electrons. The van der Waals surface area contributed by atoms with Gasteiger partial charge < -0.3 is 19.9 Å². The molecule has 1 atom stereocenters. The van der Waals surface area contributed by atoms with E-state index in [0.717, 1.165) is 11.1 Å². The molecule has 0 fully saturated rings. The van der Waals surface area contributed by atoms with E-state index in [2.05, 4.69) is 10.3 Å². The first kappa shape index (κ1) is 20.9. The Labute approximate surface area is 174 Å². The summed E-state index contributed by atoms with van der Waals surface area (Å²) in [5.41, 5.74) is 2.41. The molecule has 2 aromatic carbocycles. The maximum atomic E-state index is 12.6. The second kappa shape index (κ2) is 9.09. The van der Waals surface area contributed by atoms with Gasteiger partial charge in [0.1, 0.15) is 11.5 Å². The first-order valence-electron chi connectivity index (χ1n) is 9.30. The van der Waals surface area contributed by atoms with Gasteiger partial charge in [0.15, 0.2) is 11.4 Å². The van der Waals surface area contributed by atoms with Crippen LogP contribution in [0.3, 0.4) is 0 Å². The van der Waals surface area contributed by atoms with Gasteiger partial charge in [-0.05, 0) is 25.5 Å². The Kier molecular flexibility index (Phi) is 6.32. The van der Waals surface area contributed by atoms with Crippen molar-refractivity contribution in [1.82, 2.24) is 10.3 Å². The van der Waals surface area contributed by atoms with Gasteiger partial charge in [0, 0.05) is 18.6 Å². The minimum atomic E-state index is -1.01. The van der Waals surface area contributed by atoms with E-state index in [4.69, 9.17) is 9.47 Å². The lowest BCUT2D eigenvalue weighted by Crippen LogP contribution is -2.32. The van der Waals surface area contributed by atoms with Crippen molar-refractivity contribution < 1.29 is 24.2 Å². The summed E-state index contributed by atoms with van der Waals surface area (Å²) in [7, 11) is 0. The predicted molar refractivity (Wildman–Crippen MR) is 110 cm³/mol. The summed E-state index contributed by atoms with van der Waals surface area (Å²) in [5.74, 6) is -0.697. The number of aryl methyl sites for hydroxylation is 2. The van der Waals surface area contributed by atoms with Crippen LogP contribution >= 0.6 is 0 Å². The number of rotatable bonds is 6. The number of benzene rings is 2. The van der Waals surface area contributed by atoms with E-state index in [1.807, 2.05) is 32.0 Å². The van der Waals surface area contributed by atoms with E-state index < -0.39 is 18.1 Å². The third-order valence-electron chi connectivity index (χ3n) is 4.26. The molecule has 0 saturated carbocycles. The number of esters is 1. The van der Waals surface area contributed by atoms with Gasteiger partial charge in [-0.1, -0.05) is 48.0 Å². The Balaban J connectivity index is 1.77. The molecule has 1 heterocycles. The zero-order valence-corrected chi connectivity index (χ0v) is 16.9. The Hall–Kier alpha value is -3.87. The number of aromatic hydroxyl groups is 1. The molecule has 7 nitrogen and oxygen atoms in total. The van der Waals surface area contributed by atoms with E-state index in [9.17, 15) is 14.7 Å². The quantitative estimate of drug-likeness (QED) is 0.471. The molecule has 2 N–H and O–H groups in total. The Bertz CT molecular complexity index is 1070. The molecule has 3 aromatic rings. The highest BCUT2D eigenvalue weighted by Gasteiger charge is 2.21. The lowest BCUT2D eigenvalue weighted by molar-refractivity contribution is -0.147. The highest BCUT2D eigenvalue weighted by Crippen LogP contribution is 2.29. The Morgan fingerprint density at radius 2 is 1.80 bits per heavy atom. The third kappa shape index (κ3) is 5.14. The number of aromatic nitrogens is 1. The average Bonchev–Trinajstić information content (AvgIpc) is 2.70. The van der Waals surface area contributed by atoms with Gasteiger partial charge in [0.2, 0.25) is 6.23 Å². The summed E-state index contributed by atoms with van der Waals surface area (Å²) < 4.78 is 10.9. The standard InChI is InChI=1S/C23H22N2O5/c1-14-9-10-20(15(2)11-14)30-18-12-19(27)21(24-13-18)22(28)25-23(29-16(3)26)17-7-5-4-6-8-17/h4-13,23,27H,1-3H3,(H,25,28). The summed E-state index contributed by atoms with van der Waals surface area (Å²) >= 11 is 0. The van der Waals surface area contributed by atoms with Gasteiger partial charge in [-0.2, -0.15) is 0 Å². The number of ether oxygens (including phenoxy) is 2. The predicted octanol–water partition coefficient (Wildman–Crippen LogP) is 4.19. The number of nitrogens with one attached hydrogen (secondary N) is 1. The average molecular weight is 406 g/mol. The zero-order valence-electron chi connectivity index (χ0n) is 16.9. The lowest BCUT2D eigenvalue weighted by atomic mass is 10.1. The van der Waals surface area contributed by atoms with Crippen molar-refractivity contribution in [3.8, 4) is 17.2 Å². The van der Waals surface area contributed by atoms with Crippen LogP contribution in [0.5, 0.6) is 17.2 Å². The molecule has 0 spiro atoms. The van der Waals surface area contributed by atoms with E-state index in [-0.39, 0.29) is 17.2 Å². The van der Waals surface area contributed by atoms with E-state index in [1.54, 1.807) is 30.3 Å². The Morgan fingerprint density at radius 3 is 2.43 bits per heavy atom. The molecule has 0 radical (unpaired) electrons. The van der Waals surface area contributed by atoms with Crippen LogP contribution in [0, 0.1) is 13.8 Å².